The van der Waals surface area contributed by atoms with E-state index in [1.165, 1.54) is 5.56 Å². The average Bonchev–Trinajstić information content (AvgIpc) is 2.43. The Balaban J connectivity index is 2.39. The summed E-state index contributed by atoms with van der Waals surface area (Å²) < 4.78 is 0. The molecule has 4 heteroatoms. The predicted octanol–water partition coefficient (Wildman–Crippen LogP) is 3.92. The van der Waals surface area contributed by atoms with E-state index in [1.54, 1.807) is 6.20 Å². The molecule has 0 aliphatic rings. The van der Waals surface area contributed by atoms with Gasteiger partial charge in [-0.1, -0.05) is 23.7 Å². The Labute approximate surface area is 125 Å². The van der Waals surface area contributed by atoms with Crippen LogP contribution in [0.25, 0.3) is 0 Å². The number of hydrogen-bond donors (Lipinski definition) is 1. The van der Waals surface area contributed by atoms with Gasteiger partial charge in [-0.05, 0) is 50.2 Å². The van der Waals surface area contributed by atoms with Gasteiger partial charge in [0.25, 0.3) is 0 Å². The molecule has 1 aromatic carbocycles. The lowest BCUT2D eigenvalue weighted by Crippen LogP contribution is -2.18. The van der Waals surface area contributed by atoms with Crippen molar-refractivity contribution in [2.75, 3.05) is 18.5 Å². The fraction of sp³-hybridized carbons (Fsp3) is 0.312. The molecule has 106 valence electrons. The number of aryl methyl sites for hydroxylation is 1. The zero-order valence-electron chi connectivity index (χ0n) is 12.2. The second kappa shape index (κ2) is 6.73. The molecule has 3 nitrogen and oxygen atoms in total. The fourth-order valence-corrected chi connectivity index (χ4v) is 2.38. The lowest BCUT2D eigenvalue weighted by atomic mass is 10.2. The van der Waals surface area contributed by atoms with Crippen LogP contribution in [0.5, 0.6) is 0 Å². The first-order valence-electron chi connectivity index (χ1n) is 6.79. The maximum atomic E-state index is 6.17. The number of benzene rings is 1. The molecule has 1 N–H and O–H groups in total. The molecule has 2 rings (SSSR count). The molecule has 0 aliphatic heterocycles. The summed E-state index contributed by atoms with van der Waals surface area (Å²) in [5.41, 5.74) is 3.45. The van der Waals surface area contributed by atoms with E-state index < -0.39 is 0 Å². The van der Waals surface area contributed by atoms with E-state index in [-0.39, 0.29) is 0 Å². The van der Waals surface area contributed by atoms with Gasteiger partial charge in [-0.2, -0.15) is 0 Å². The van der Waals surface area contributed by atoms with Gasteiger partial charge in [0.2, 0.25) is 0 Å². The highest BCUT2D eigenvalue weighted by Gasteiger charge is 2.11. The molecule has 0 unspecified atom stereocenters. The Bertz CT molecular complexity index is 584. The van der Waals surface area contributed by atoms with Gasteiger partial charge in [0.05, 0.1) is 5.02 Å². The van der Waals surface area contributed by atoms with Gasteiger partial charge < -0.3 is 10.2 Å². The quantitative estimate of drug-likeness (QED) is 0.904. The molecule has 2 aromatic rings. The molecule has 0 saturated heterocycles. The van der Waals surface area contributed by atoms with Crippen LogP contribution in [0.15, 0.2) is 36.5 Å². The van der Waals surface area contributed by atoms with Gasteiger partial charge in [0, 0.05) is 25.0 Å². The van der Waals surface area contributed by atoms with Crippen molar-refractivity contribution < 1.29 is 0 Å². The third-order valence-corrected chi connectivity index (χ3v) is 3.53. The number of aromatic nitrogens is 1. The van der Waals surface area contributed by atoms with Crippen molar-refractivity contribution >= 4 is 23.1 Å². The maximum Gasteiger partial charge on any atom is 0.133 e. The summed E-state index contributed by atoms with van der Waals surface area (Å²) in [6, 6.07) is 10.5. The van der Waals surface area contributed by atoms with Gasteiger partial charge in [-0.3, -0.25) is 0 Å². The second-order valence-corrected chi connectivity index (χ2v) is 5.15. The van der Waals surface area contributed by atoms with Crippen LogP contribution in [-0.2, 0) is 6.54 Å². The molecule has 1 aromatic heterocycles. The van der Waals surface area contributed by atoms with Crippen LogP contribution in [0.1, 0.15) is 18.1 Å². The Morgan fingerprint density at radius 1 is 1.30 bits per heavy atom. The van der Waals surface area contributed by atoms with Crippen molar-refractivity contribution in [3.63, 3.8) is 0 Å². The van der Waals surface area contributed by atoms with Crippen LogP contribution in [-0.4, -0.2) is 18.6 Å². The third-order valence-electron chi connectivity index (χ3n) is 3.19. The molecule has 0 amide bonds. The summed E-state index contributed by atoms with van der Waals surface area (Å²) in [7, 11) is 1.91. The third kappa shape index (κ3) is 3.30. The topological polar surface area (TPSA) is 28.2 Å². The zero-order valence-corrected chi connectivity index (χ0v) is 12.9. The monoisotopic (exact) mass is 289 g/mol. The highest BCUT2D eigenvalue weighted by atomic mass is 35.5. The van der Waals surface area contributed by atoms with Gasteiger partial charge in [-0.15, -0.1) is 0 Å². The van der Waals surface area contributed by atoms with E-state index in [0.717, 1.165) is 30.2 Å². The SMILES string of the molecule is CCN(c1cccc(C)c1)c1cc(CNC)c(Cl)cn1. The first kappa shape index (κ1) is 14.8. The molecule has 0 saturated carbocycles. The predicted molar refractivity (Wildman–Crippen MR) is 85.9 cm³/mol. The molecule has 0 fully saturated rings. The first-order valence-corrected chi connectivity index (χ1v) is 7.16. The maximum absolute atomic E-state index is 6.17. The normalized spacial score (nSPS) is 10.6. The Hall–Kier alpha value is -1.58. The summed E-state index contributed by atoms with van der Waals surface area (Å²) in [5.74, 6) is 0.924. The number of pyridine rings is 1. The Morgan fingerprint density at radius 3 is 2.75 bits per heavy atom. The van der Waals surface area contributed by atoms with Crippen LogP contribution in [0.4, 0.5) is 11.5 Å². The molecular weight excluding hydrogens is 270 g/mol. The summed E-state index contributed by atoms with van der Waals surface area (Å²) in [4.78, 5) is 6.65. The lowest BCUT2D eigenvalue weighted by Gasteiger charge is -2.23. The smallest absolute Gasteiger partial charge is 0.133 e. The van der Waals surface area contributed by atoms with Crippen molar-refractivity contribution in [3.8, 4) is 0 Å². The van der Waals surface area contributed by atoms with Crippen LogP contribution >= 0.6 is 11.6 Å². The molecule has 0 atom stereocenters. The molecule has 0 radical (unpaired) electrons. The highest BCUT2D eigenvalue weighted by Crippen LogP contribution is 2.27. The highest BCUT2D eigenvalue weighted by molar-refractivity contribution is 6.31. The Kier molecular flexibility index (Phi) is 4.99. The van der Waals surface area contributed by atoms with Crippen LogP contribution in [0.2, 0.25) is 5.02 Å². The zero-order chi connectivity index (χ0) is 14.5. The first-order chi connectivity index (χ1) is 9.65. The Morgan fingerprint density at radius 2 is 2.10 bits per heavy atom. The van der Waals surface area contributed by atoms with Crippen LogP contribution < -0.4 is 10.2 Å². The molecule has 0 bridgehead atoms. The number of anilines is 2. The minimum atomic E-state index is 0.698. The van der Waals surface area contributed by atoms with Gasteiger partial charge in [0.1, 0.15) is 5.82 Å². The van der Waals surface area contributed by atoms with Crippen molar-refractivity contribution in [1.29, 1.82) is 0 Å². The number of halogens is 1. The van der Waals surface area contributed by atoms with E-state index >= 15 is 0 Å². The lowest BCUT2D eigenvalue weighted by molar-refractivity contribution is 0.814. The summed E-state index contributed by atoms with van der Waals surface area (Å²) in [6.45, 7) is 5.81. The van der Waals surface area contributed by atoms with Gasteiger partial charge in [0.15, 0.2) is 0 Å². The minimum absolute atomic E-state index is 0.698. The summed E-state index contributed by atoms with van der Waals surface area (Å²) in [6.07, 6.45) is 1.72. The summed E-state index contributed by atoms with van der Waals surface area (Å²) in [5, 5.41) is 3.82. The van der Waals surface area contributed by atoms with E-state index in [9.17, 15) is 0 Å². The van der Waals surface area contributed by atoms with Gasteiger partial charge in [-0.25, -0.2) is 4.98 Å². The molecule has 20 heavy (non-hydrogen) atoms. The average molecular weight is 290 g/mol. The van der Waals surface area contributed by atoms with Gasteiger partial charge >= 0.3 is 0 Å². The molecular formula is C16H20ClN3. The molecule has 0 spiro atoms. The number of nitrogens with one attached hydrogen (secondary N) is 1. The van der Waals surface area contributed by atoms with E-state index in [1.807, 2.05) is 13.1 Å². The molecule has 0 aliphatic carbocycles. The van der Waals surface area contributed by atoms with Crippen LogP contribution in [0.3, 0.4) is 0 Å². The van der Waals surface area contributed by atoms with Crippen molar-refractivity contribution in [1.82, 2.24) is 10.3 Å². The van der Waals surface area contributed by atoms with E-state index in [0.29, 0.717) is 5.02 Å². The van der Waals surface area contributed by atoms with Crippen molar-refractivity contribution in [3.05, 3.63) is 52.7 Å². The largest absolute Gasteiger partial charge is 0.327 e. The van der Waals surface area contributed by atoms with Crippen molar-refractivity contribution in [2.45, 2.75) is 20.4 Å². The minimum Gasteiger partial charge on any atom is -0.327 e. The number of nitrogens with zero attached hydrogens (tertiary/aromatic N) is 2. The number of rotatable bonds is 5. The second-order valence-electron chi connectivity index (χ2n) is 4.75. The molecule has 1 heterocycles. The van der Waals surface area contributed by atoms with Crippen LogP contribution in [0, 0.1) is 6.92 Å². The fourth-order valence-electron chi connectivity index (χ4n) is 2.21. The standard InChI is InChI=1S/C16H20ClN3/c1-4-20(14-7-5-6-12(2)8-14)16-9-13(10-18-3)15(17)11-19-16/h5-9,11,18H,4,10H2,1-3H3. The van der Waals surface area contributed by atoms with E-state index in [4.69, 9.17) is 11.6 Å². The summed E-state index contributed by atoms with van der Waals surface area (Å²) >= 11 is 6.17. The van der Waals surface area contributed by atoms with E-state index in [2.05, 4.69) is 53.3 Å². The van der Waals surface area contributed by atoms with Crippen molar-refractivity contribution in [2.24, 2.45) is 0 Å². The number of hydrogen-bond acceptors (Lipinski definition) is 3.